The average molecular weight is 450 g/mol. The summed E-state index contributed by atoms with van der Waals surface area (Å²) in [5.41, 5.74) is 2.50. The molecule has 0 saturated carbocycles. The lowest BCUT2D eigenvalue weighted by molar-refractivity contribution is 0.0727. The van der Waals surface area contributed by atoms with E-state index in [0.29, 0.717) is 36.1 Å². The van der Waals surface area contributed by atoms with Crippen molar-refractivity contribution in [1.82, 2.24) is 14.9 Å². The van der Waals surface area contributed by atoms with Crippen LogP contribution in [-0.2, 0) is 13.0 Å². The summed E-state index contributed by atoms with van der Waals surface area (Å²) in [6.07, 6.45) is 2.69. The molecule has 2 aromatic carbocycles. The maximum atomic E-state index is 14.2. The minimum Gasteiger partial charge on any atom is -0.438 e. The SMILES string of the molecule is Cc1ccc(Oc2nc(N3CCCC3)nc3c2CN(C(=O)c2ccc(F)cc2F)CC3)cc1. The van der Waals surface area contributed by atoms with E-state index in [0.717, 1.165) is 49.3 Å². The maximum absolute atomic E-state index is 14.2. The van der Waals surface area contributed by atoms with Crippen LogP contribution in [0.1, 0.15) is 40.0 Å². The Balaban J connectivity index is 1.48. The number of nitrogens with zero attached hydrogens (tertiary/aromatic N) is 4. The first-order valence-electron chi connectivity index (χ1n) is 11.1. The van der Waals surface area contributed by atoms with E-state index in [1.165, 1.54) is 11.0 Å². The quantitative estimate of drug-likeness (QED) is 0.579. The number of ether oxygens (including phenoxy) is 1. The van der Waals surface area contributed by atoms with E-state index in [9.17, 15) is 13.6 Å². The number of rotatable bonds is 4. The molecule has 33 heavy (non-hydrogen) atoms. The lowest BCUT2D eigenvalue weighted by atomic mass is 10.0. The van der Waals surface area contributed by atoms with Crippen molar-refractivity contribution in [3.05, 3.63) is 76.5 Å². The topological polar surface area (TPSA) is 58.6 Å². The Kier molecular flexibility index (Phi) is 5.66. The third-order valence-electron chi connectivity index (χ3n) is 6.08. The monoisotopic (exact) mass is 450 g/mol. The lowest BCUT2D eigenvalue weighted by Crippen LogP contribution is -2.37. The van der Waals surface area contributed by atoms with E-state index >= 15 is 0 Å². The number of carbonyl (C=O) groups is 1. The van der Waals surface area contributed by atoms with Gasteiger partial charge in [0, 0.05) is 32.1 Å². The second kappa shape index (κ2) is 8.77. The van der Waals surface area contributed by atoms with Crippen LogP contribution in [-0.4, -0.2) is 40.4 Å². The highest BCUT2D eigenvalue weighted by Crippen LogP contribution is 2.33. The van der Waals surface area contributed by atoms with Gasteiger partial charge in [0.15, 0.2) is 0 Å². The van der Waals surface area contributed by atoms with Crippen LogP contribution in [0.25, 0.3) is 0 Å². The van der Waals surface area contributed by atoms with Crippen LogP contribution in [0.15, 0.2) is 42.5 Å². The number of anilines is 1. The van der Waals surface area contributed by atoms with Crippen LogP contribution < -0.4 is 9.64 Å². The molecule has 5 rings (SSSR count). The second-order valence-electron chi connectivity index (χ2n) is 8.46. The number of carbonyl (C=O) groups excluding carboxylic acids is 1. The van der Waals surface area contributed by atoms with Gasteiger partial charge in [-0.3, -0.25) is 4.79 Å². The van der Waals surface area contributed by atoms with Crippen LogP contribution in [0.5, 0.6) is 11.6 Å². The maximum Gasteiger partial charge on any atom is 0.257 e. The smallest absolute Gasteiger partial charge is 0.257 e. The molecule has 2 aliphatic heterocycles. The van der Waals surface area contributed by atoms with Gasteiger partial charge >= 0.3 is 0 Å². The van der Waals surface area contributed by atoms with Gasteiger partial charge < -0.3 is 14.5 Å². The van der Waals surface area contributed by atoms with E-state index in [1.54, 1.807) is 0 Å². The molecule has 3 heterocycles. The van der Waals surface area contributed by atoms with Crippen molar-refractivity contribution in [2.75, 3.05) is 24.5 Å². The van der Waals surface area contributed by atoms with Crippen LogP contribution in [0, 0.1) is 18.6 Å². The van der Waals surface area contributed by atoms with Crippen molar-refractivity contribution in [2.45, 2.75) is 32.7 Å². The lowest BCUT2D eigenvalue weighted by Gasteiger charge is -2.30. The fourth-order valence-electron chi connectivity index (χ4n) is 4.24. The summed E-state index contributed by atoms with van der Waals surface area (Å²) in [7, 11) is 0. The average Bonchev–Trinajstić information content (AvgIpc) is 3.35. The van der Waals surface area contributed by atoms with Gasteiger partial charge in [-0.25, -0.2) is 13.8 Å². The van der Waals surface area contributed by atoms with E-state index < -0.39 is 17.5 Å². The van der Waals surface area contributed by atoms with Crippen molar-refractivity contribution in [3.8, 4) is 11.6 Å². The number of aromatic nitrogens is 2. The van der Waals surface area contributed by atoms with E-state index in [-0.39, 0.29) is 12.1 Å². The molecule has 1 fully saturated rings. The molecule has 0 radical (unpaired) electrons. The molecule has 8 heteroatoms. The van der Waals surface area contributed by atoms with Gasteiger partial charge in [0.1, 0.15) is 17.4 Å². The molecule has 0 unspecified atom stereocenters. The molecule has 1 amide bonds. The van der Waals surface area contributed by atoms with Crippen LogP contribution >= 0.6 is 0 Å². The van der Waals surface area contributed by atoms with Crippen LogP contribution in [0.3, 0.4) is 0 Å². The van der Waals surface area contributed by atoms with Gasteiger partial charge in [-0.2, -0.15) is 4.98 Å². The molecule has 1 aromatic heterocycles. The highest BCUT2D eigenvalue weighted by molar-refractivity contribution is 5.94. The van der Waals surface area contributed by atoms with Gasteiger partial charge in [0.05, 0.1) is 23.4 Å². The van der Waals surface area contributed by atoms with Crippen LogP contribution in [0.4, 0.5) is 14.7 Å². The van der Waals surface area contributed by atoms with Gasteiger partial charge in [-0.15, -0.1) is 0 Å². The van der Waals surface area contributed by atoms with Crippen LogP contribution in [0.2, 0.25) is 0 Å². The third kappa shape index (κ3) is 4.37. The molecule has 0 N–H and O–H groups in total. The predicted octanol–water partition coefficient (Wildman–Crippen LogP) is 4.65. The summed E-state index contributed by atoms with van der Waals surface area (Å²) in [6.45, 7) is 4.36. The van der Waals surface area contributed by atoms with E-state index in [4.69, 9.17) is 14.7 Å². The van der Waals surface area contributed by atoms with Crippen molar-refractivity contribution in [2.24, 2.45) is 0 Å². The Morgan fingerprint density at radius 3 is 2.48 bits per heavy atom. The third-order valence-corrected chi connectivity index (χ3v) is 6.08. The molecule has 3 aromatic rings. The Morgan fingerprint density at radius 1 is 1.00 bits per heavy atom. The summed E-state index contributed by atoms with van der Waals surface area (Å²) >= 11 is 0. The minimum absolute atomic E-state index is 0.157. The number of aryl methyl sites for hydroxylation is 1. The molecule has 0 bridgehead atoms. The molecule has 170 valence electrons. The Hall–Kier alpha value is -3.55. The molecule has 1 saturated heterocycles. The molecular formula is C25H24F2N4O2. The number of fused-ring (bicyclic) bond motifs is 1. The Labute approximate surface area is 190 Å². The summed E-state index contributed by atoms with van der Waals surface area (Å²) in [6, 6.07) is 10.7. The molecular weight excluding hydrogens is 426 g/mol. The first kappa shape index (κ1) is 21.3. The zero-order valence-corrected chi connectivity index (χ0v) is 18.4. The number of hydrogen-bond acceptors (Lipinski definition) is 5. The van der Waals surface area contributed by atoms with Gasteiger partial charge in [0.25, 0.3) is 5.91 Å². The summed E-state index contributed by atoms with van der Waals surface area (Å²) in [5, 5.41) is 0. The van der Waals surface area contributed by atoms with Gasteiger partial charge in [0.2, 0.25) is 11.8 Å². The molecule has 0 atom stereocenters. The number of benzene rings is 2. The zero-order valence-electron chi connectivity index (χ0n) is 18.4. The molecule has 6 nitrogen and oxygen atoms in total. The first-order valence-corrected chi connectivity index (χ1v) is 11.1. The standard InChI is InChI=1S/C25H24F2N4O2/c1-16-4-7-18(8-5-16)33-23-20-15-31(24(32)19-9-6-17(26)14-21(19)27)13-10-22(20)28-25(29-23)30-11-2-3-12-30/h4-9,14H,2-3,10-13,15H2,1H3. The van der Waals surface area contributed by atoms with E-state index in [1.807, 2.05) is 31.2 Å². The van der Waals surface area contributed by atoms with Crippen molar-refractivity contribution >= 4 is 11.9 Å². The summed E-state index contributed by atoms with van der Waals surface area (Å²) < 4.78 is 33.7. The summed E-state index contributed by atoms with van der Waals surface area (Å²) in [4.78, 5) is 26.2. The van der Waals surface area contributed by atoms with Crippen molar-refractivity contribution < 1.29 is 18.3 Å². The fraction of sp³-hybridized carbons (Fsp3) is 0.320. The fourth-order valence-corrected chi connectivity index (χ4v) is 4.24. The van der Waals surface area contributed by atoms with Gasteiger partial charge in [-0.1, -0.05) is 17.7 Å². The molecule has 0 spiro atoms. The number of halogens is 2. The van der Waals surface area contributed by atoms with Gasteiger partial charge in [-0.05, 0) is 44.0 Å². The Morgan fingerprint density at radius 2 is 1.76 bits per heavy atom. The first-order chi connectivity index (χ1) is 16.0. The van der Waals surface area contributed by atoms with Crippen molar-refractivity contribution in [3.63, 3.8) is 0 Å². The normalized spacial score (nSPS) is 15.5. The minimum atomic E-state index is -0.873. The molecule has 0 aliphatic carbocycles. The van der Waals surface area contributed by atoms with E-state index in [2.05, 4.69) is 4.90 Å². The largest absolute Gasteiger partial charge is 0.438 e. The highest BCUT2D eigenvalue weighted by atomic mass is 19.1. The molecule has 2 aliphatic rings. The number of amides is 1. The predicted molar refractivity (Wildman–Crippen MR) is 120 cm³/mol. The Bertz CT molecular complexity index is 1190. The zero-order chi connectivity index (χ0) is 22.9. The number of hydrogen-bond donors (Lipinski definition) is 0. The van der Waals surface area contributed by atoms with Crippen molar-refractivity contribution in [1.29, 1.82) is 0 Å². The highest BCUT2D eigenvalue weighted by Gasteiger charge is 2.30. The summed E-state index contributed by atoms with van der Waals surface area (Å²) in [5.74, 6) is -0.405. The second-order valence-corrected chi connectivity index (χ2v) is 8.46.